The van der Waals surface area contributed by atoms with Gasteiger partial charge in [0.1, 0.15) is 11.8 Å². The average molecular weight is 296 g/mol. The van der Waals surface area contributed by atoms with Crippen molar-refractivity contribution in [1.82, 2.24) is 24.8 Å². The maximum absolute atomic E-state index is 10.0. The van der Waals surface area contributed by atoms with Crippen molar-refractivity contribution in [2.75, 3.05) is 31.1 Å². The van der Waals surface area contributed by atoms with Crippen LogP contribution in [0, 0.1) is 0 Å². The molecule has 4 N–H and O–H groups in total. The molecule has 2 rings (SSSR count). The molecule has 7 nitrogen and oxygen atoms in total. The molecule has 0 bridgehead atoms. The summed E-state index contributed by atoms with van der Waals surface area (Å²) in [4.78, 5) is 17.5. The zero-order valence-corrected chi connectivity index (χ0v) is 12.5. The standard InChI is InChI=1S/C12H20N6OS/c1-3-18(4-2)5-8(19)6-20-12-16-9-10(13)14-7-15-11(9)17-12/h7-8,19H,3-6H2,1-2H3,(H3,13,14,15,16,17)/t8-/m0/s1. The van der Waals surface area contributed by atoms with E-state index in [4.69, 9.17) is 5.73 Å². The number of nitrogen functional groups attached to an aromatic ring is 1. The van der Waals surface area contributed by atoms with E-state index in [9.17, 15) is 5.11 Å². The Morgan fingerprint density at radius 3 is 2.80 bits per heavy atom. The fraction of sp³-hybridized carbons (Fsp3) is 0.583. The van der Waals surface area contributed by atoms with Crippen molar-refractivity contribution in [3.8, 4) is 0 Å². The van der Waals surface area contributed by atoms with Gasteiger partial charge in [-0.3, -0.25) is 0 Å². The van der Waals surface area contributed by atoms with Crippen LogP contribution in [0.1, 0.15) is 13.8 Å². The average Bonchev–Trinajstić information content (AvgIpc) is 2.87. The molecule has 0 amide bonds. The normalized spacial score (nSPS) is 13.2. The highest BCUT2D eigenvalue weighted by atomic mass is 32.2. The van der Waals surface area contributed by atoms with Crippen molar-refractivity contribution in [2.45, 2.75) is 25.1 Å². The third-order valence-corrected chi connectivity index (χ3v) is 4.09. The molecule has 0 aliphatic heterocycles. The third-order valence-electron chi connectivity index (χ3n) is 3.07. The molecule has 0 radical (unpaired) electrons. The molecule has 0 saturated carbocycles. The van der Waals surface area contributed by atoms with Gasteiger partial charge in [-0.2, -0.15) is 0 Å². The van der Waals surface area contributed by atoms with Gasteiger partial charge in [-0.05, 0) is 13.1 Å². The number of aromatic amines is 1. The number of thioether (sulfide) groups is 1. The van der Waals surface area contributed by atoms with Gasteiger partial charge >= 0.3 is 0 Å². The molecule has 20 heavy (non-hydrogen) atoms. The van der Waals surface area contributed by atoms with E-state index in [2.05, 4.69) is 38.7 Å². The molecular weight excluding hydrogens is 276 g/mol. The number of rotatable bonds is 7. The minimum Gasteiger partial charge on any atom is -0.391 e. The van der Waals surface area contributed by atoms with E-state index < -0.39 is 6.10 Å². The van der Waals surface area contributed by atoms with Crippen LogP contribution in [0.2, 0.25) is 0 Å². The van der Waals surface area contributed by atoms with E-state index in [1.54, 1.807) is 0 Å². The van der Waals surface area contributed by atoms with Crippen LogP contribution in [0.5, 0.6) is 0 Å². The first-order valence-corrected chi connectivity index (χ1v) is 7.62. The molecular formula is C12H20N6OS. The smallest absolute Gasteiger partial charge is 0.183 e. The fourth-order valence-electron chi connectivity index (χ4n) is 1.90. The summed E-state index contributed by atoms with van der Waals surface area (Å²) in [6.07, 6.45) is 0.999. The summed E-state index contributed by atoms with van der Waals surface area (Å²) in [6.45, 7) is 6.72. The summed E-state index contributed by atoms with van der Waals surface area (Å²) >= 11 is 1.46. The van der Waals surface area contributed by atoms with Crippen molar-refractivity contribution in [2.24, 2.45) is 0 Å². The quantitative estimate of drug-likeness (QED) is 0.647. The number of nitrogens with two attached hydrogens (primary N) is 1. The molecule has 0 aromatic carbocycles. The number of likely N-dealkylation sites (N-methyl/N-ethyl adjacent to an activating group) is 1. The number of imidazole rings is 1. The summed E-state index contributed by atoms with van der Waals surface area (Å²) in [7, 11) is 0. The minimum atomic E-state index is -0.392. The summed E-state index contributed by atoms with van der Waals surface area (Å²) in [5.74, 6) is 0.960. The number of anilines is 1. The molecule has 110 valence electrons. The second kappa shape index (κ2) is 6.87. The highest BCUT2D eigenvalue weighted by Crippen LogP contribution is 2.21. The number of aliphatic hydroxyl groups excluding tert-OH is 1. The first kappa shape index (κ1) is 15.0. The van der Waals surface area contributed by atoms with Crippen molar-refractivity contribution in [3.63, 3.8) is 0 Å². The Kier molecular flexibility index (Phi) is 5.16. The van der Waals surface area contributed by atoms with Crippen molar-refractivity contribution >= 4 is 28.7 Å². The van der Waals surface area contributed by atoms with E-state index in [1.807, 2.05) is 0 Å². The Balaban J connectivity index is 1.94. The number of aromatic nitrogens is 4. The van der Waals surface area contributed by atoms with Gasteiger partial charge in [-0.15, -0.1) is 0 Å². The summed E-state index contributed by atoms with van der Waals surface area (Å²) in [6, 6.07) is 0. The lowest BCUT2D eigenvalue weighted by molar-refractivity contribution is 0.136. The van der Waals surface area contributed by atoms with Crippen LogP contribution in [0.4, 0.5) is 5.82 Å². The summed E-state index contributed by atoms with van der Waals surface area (Å²) < 4.78 is 0. The molecule has 1 atom stereocenters. The number of aliphatic hydroxyl groups is 1. The van der Waals surface area contributed by atoms with Gasteiger partial charge in [0.05, 0.1) is 6.10 Å². The largest absolute Gasteiger partial charge is 0.391 e. The SMILES string of the molecule is CCN(CC)C[C@H](O)CSc1nc2ncnc(N)c2[nH]1. The monoisotopic (exact) mass is 296 g/mol. The number of hydrogen-bond donors (Lipinski definition) is 3. The van der Waals surface area contributed by atoms with Gasteiger partial charge in [0.2, 0.25) is 0 Å². The molecule has 0 saturated heterocycles. The molecule has 0 fully saturated rings. The molecule has 2 aromatic rings. The van der Waals surface area contributed by atoms with Gasteiger partial charge in [0.25, 0.3) is 0 Å². The predicted molar refractivity (Wildman–Crippen MR) is 80.6 cm³/mol. The van der Waals surface area contributed by atoms with Crippen LogP contribution in [-0.4, -0.2) is 61.4 Å². The van der Waals surface area contributed by atoms with Crippen LogP contribution in [0.25, 0.3) is 11.2 Å². The topological polar surface area (TPSA) is 104 Å². The molecule has 2 heterocycles. The van der Waals surface area contributed by atoms with Crippen LogP contribution in [-0.2, 0) is 0 Å². The maximum atomic E-state index is 10.0. The summed E-state index contributed by atoms with van der Waals surface area (Å²) in [5.41, 5.74) is 6.94. The molecule has 8 heteroatoms. The highest BCUT2D eigenvalue weighted by molar-refractivity contribution is 7.99. The van der Waals surface area contributed by atoms with Crippen LogP contribution in [0.15, 0.2) is 11.5 Å². The van der Waals surface area contributed by atoms with Crippen molar-refractivity contribution in [3.05, 3.63) is 6.33 Å². The van der Waals surface area contributed by atoms with E-state index in [0.717, 1.165) is 13.1 Å². The van der Waals surface area contributed by atoms with E-state index in [-0.39, 0.29) is 0 Å². The Labute approximate surface area is 122 Å². The number of hydrogen-bond acceptors (Lipinski definition) is 7. The number of nitrogens with zero attached hydrogens (tertiary/aromatic N) is 4. The second-order valence-electron chi connectivity index (χ2n) is 4.45. The lowest BCUT2D eigenvalue weighted by atomic mass is 10.3. The van der Waals surface area contributed by atoms with Gasteiger partial charge in [-0.25, -0.2) is 15.0 Å². The Hall–Kier alpha value is -1.38. The Morgan fingerprint density at radius 2 is 2.15 bits per heavy atom. The molecule has 0 spiro atoms. The van der Waals surface area contributed by atoms with Crippen LogP contribution >= 0.6 is 11.8 Å². The van der Waals surface area contributed by atoms with Gasteiger partial charge in [0.15, 0.2) is 16.6 Å². The fourth-order valence-corrected chi connectivity index (χ4v) is 2.68. The van der Waals surface area contributed by atoms with E-state index in [1.165, 1.54) is 18.1 Å². The van der Waals surface area contributed by atoms with Gasteiger partial charge in [0, 0.05) is 12.3 Å². The van der Waals surface area contributed by atoms with Gasteiger partial charge in [-0.1, -0.05) is 25.6 Å². The number of nitrogens with one attached hydrogen (secondary N) is 1. The van der Waals surface area contributed by atoms with Gasteiger partial charge < -0.3 is 20.7 Å². The second-order valence-corrected chi connectivity index (χ2v) is 5.46. The Morgan fingerprint density at radius 1 is 1.40 bits per heavy atom. The third kappa shape index (κ3) is 3.59. The molecule has 2 aromatic heterocycles. The van der Waals surface area contributed by atoms with Crippen LogP contribution < -0.4 is 5.73 Å². The lowest BCUT2D eigenvalue weighted by Gasteiger charge is -2.21. The predicted octanol–water partition coefficient (Wildman–Crippen LogP) is 0.730. The zero-order valence-electron chi connectivity index (χ0n) is 11.7. The first-order chi connectivity index (χ1) is 9.63. The molecule has 0 aliphatic rings. The Bertz CT molecular complexity index is 556. The number of H-pyrrole nitrogens is 1. The highest BCUT2D eigenvalue weighted by Gasteiger charge is 2.12. The van der Waals surface area contributed by atoms with E-state index >= 15 is 0 Å². The van der Waals surface area contributed by atoms with E-state index in [0.29, 0.717) is 34.4 Å². The minimum absolute atomic E-state index is 0.387. The first-order valence-electron chi connectivity index (χ1n) is 6.63. The van der Waals surface area contributed by atoms with Crippen LogP contribution in [0.3, 0.4) is 0 Å². The summed E-state index contributed by atoms with van der Waals surface area (Å²) in [5, 5.41) is 10.7. The lowest BCUT2D eigenvalue weighted by Crippen LogP contribution is -2.33. The zero-order chi connectivity index (χ0) is 14.5. The number of fused-ring (bicyclic) bond motifs is 1. The van der Waals surface area contributed by atoms with Crippen molar-refractivity contribution in [1.29, 1.82) is 0 Å². The maximum Gasteiger partial charge on any atom is 0.183 e. The molecule has 0 aliphatic carbocycles. The van der Waals surface area contributed by atoms with Crippen molar-refractivity contribution < 1.29 is 5.11 Å². The molecule has 0 unspecified atom stereocenters.